The summed E-state index contributed by atoms with van der Waals surface area (Å²) >= 11 is 0. The molecule has 8 heteroatoms. The maximum Gasteiger partial charge on any atom is 0.328 e. The molecule has 172 valence electrons. The lowest BCUT2D eigenvalue weighted by Crippen LogP contribution is -2.51. The number of rotatable bonds is 7. The first-order chi connectivity index (χ1) is 15.9. The Morgan fingerprint density at radius 3 is 2.64 bits per heavy atom. The molecule has 2 aliphatic heterocycles. The zero-order valence-electron chi connectivity index (χ0n) is 18.6. The molecule has 4 rings (SSSR count). The molecule has 0 unspecified atom stereocenters. The third kappa shape index (κ3) is 4.08. The monoisotopic (exact) mass is 450 g/mol. The summed E-state index contributed by atoms with van der Waals surface area (Å²) in [5.74, 6) is 3.00. The molecule has 1 amide bonds. The van der Waals surface area contributed by atoms with Gasteiger partial charge in [0.05, 0.1) is 20.2 Å². The minimum absolute atomic E-state index is 0.0719. The number of hydrogen-bond donors (Lipinski definition) is 1. The lowest BCUT2D eigenvalue weighted by Gasteiger charge is -2.35. The number of aliphatic carboxylic acids is 1. The molecule has 8 nitrogen and oxygen atoms in total. The van der Waals surface area contributed by atoms with Crippen LogP contribution in [-0.4, -0.2) is 67.4 Å². The summed E-state index contributed by atoms with van der Waals surface area (Å²) in [6, 6.07) is 12.6. The van der Waals surface area contributed by atoms with Crippen molar-refractivity contribution < 1.29 is 28.9 Å². The third-order valence-corrected chi connectivity index (χ3v) is 6.39. The van der Waals surface area contributed by atoms with Crippen LogP contribution in [0.25, 0.3) is 0 Å². The fourth-order valence-corrected chi connectivity index (χ4v) is 4.58. The van der Waals surface area contributed by atoms with Crippen molar-refractivity contribution in [1.82, 2.24) is 9.80 Å². The molecule has 1 saturated heterocycles. The second-order valence-electron chi connectivity index (χ2n) is 8.24. The Morgan fingerprint density at radius 2 is 1.97 bits per heavy atom. The van der Waals surface area contributed by atoms with Gasteiger partial charge in [-0.15, -0.1) is 6.42 Å². The molecule has 1 fully saturated rings. The van der Waals surface area contributed by atoms with Crippen molar-refractivity contribution in [2.45, 2.75) is 17.9 Å². The lowest BCUT2D eigenvalue weighted by atomic mass is 9.83. The summed E-state index contributed by atoms with van der Waals surface area (Å²) in [6.07, 6.45) is 5.64. The van der Waals surface area contributed by atoms with E-state index in [1.165, 1.54) is 4.90 Å². The number of nitrogens with zero attached hydrogens (tertiary/aromatic N) is 2. The maximum atomic E-state index is 12.9. The van der Waals surface area contributed by atoms with E-state index in [1.807, 2.05) is 18.2 Å². The number of benzene rings is 2. The predicted octanol–water partition coefficient (Wildman–Crippen LogP) is 2.28. The fraction of sp³-hybridized carbons (Fsp3) is 0.360. The van der Waals surface area contributed by atoms with E-state index in [4.69, 9.17) is 20.6 Å². The molecule has 2 aromatic carbocycles. The molecule has 0 bridgehead atoms. The van der Waals surface area contributed by atoms with Crippen molar-refractivity contribution in [3.63, 3.8) is 0 Å². The highest BCUT2D eigenvalue weighted by Crippen LogP contribution is 2.47. The maximum absolute atomic E-state index is 12.9. The number of likely N-dealkylation sites (N-methyl/N-ethyl adjacent to an activating group) is 1. The highest BCUT2D eigenvalue weighted by molar-refractivity contribution is 5.84. The van der Waals surface area contributed by atoms with Crippen LogP contribution >= 0.6 is 0 Å². The highest BCUT2D eigenvalue weighted by Gasteiger charge is 2.53. The van der Waals surface area contributed by atoms with Crippen molar-refractivity contribution in [3.05, 3.63) is 53.6 Å². The van der Waals surface area contributed by atoms with E-state index in [0.717, 1.165) is 5.56 Å². The topological polar surface area (TPSA) is 88.5 Å². The summed E-state index contributed by atoms with van der Waals surface area (Å²) in [6.45, 7) is 0.628. The molecule has 0 aliphatic carbocycles. The van der Waals surface area contributed by atoms with E-state index in [1.54, 1.807) is 43.3 Å². The number of likely N-dealkylation sites (tertiary alicyclic amines) is 1. The largest absolute Gasteiger partial charge is 0.497 e. The Bertz CT molecular complexity index is 1090. The Balaban J connectivity index is 1.73. The summed E-state index contributed by atoms with van der Waals surface area (Å²) in [4.78, 5) is 28.9. The number of fused-ring (bicyclic) bond motifs is 1. The van der Waals surface area contributed by atoms with Gasteiger partial charge in [0.1, 0.15) is 11.3 Å². The molecule has 2 atom stereocenters. The molecular formula is C25H26N2O6. The summed E-state index contributed by atoms with van der Waals surface area (Å²) in [7, 11) is 3.17. The number of hydrogen-bond acceptors (Lipinski definition) is 6. The van der Waals surface area contributed by atoms with Crippen LogP contribution in [-0.2, 0) is 15.1 Å². The average molecular weight is 450 g/mol. The second-order valence-corrected chi connectivity index (χ2v) is 8.24. The molecule has 1 N–H and O–H groups in total. The van der Waals surface area contributed by atoms with E-state index in [2.05, 4.69) is 5.92 Å². The highest BCUT2D eigenvalue weighted by atomic mass is 16.7. The normalized spacial score (nSPS) is 21.4. The van der Waals surface area contributed by atoms with E-state index >= 15 is 0 Å². The number of ether oxygens (including phenoxy) is 3. The number of carbonyl (C=O) groups is 2. The van der Waals surface area contributed by atoms with Crippen LogP contribution in [0.15, 0.2) is 42.5 Å². The van der Waals surface area contributed by atoms with Crippen LogP contribution in [0.4, 0.5) is 0 Å². The number of carboxylic acids is 1. The number of terminal acetylenes is 1. The molecule has 2 aromatic rings. The molecule has 2 aliphatic rings. The first-order valence-corrected chi connectivity index (χ1v) is 10.6. The van der Waals surface area contributed by atoms with Crippen molar-refractivity contribution in [1.29, 1.82) is 0 Å². The molecule has 0 saturated carbocycles. The summed E-state index contributed by atoms with van der Waals surface area (Å²) in [5.41, 5.74) is 0.136. The van der Waals surface area contributed by atoms with Gasteiger partial charge >= 0.3 is 5.97 Å². The van der Waals surface area contributed by atoms with Crippen LogP contribution in [0.1, 0.15) is 23.5 Å². The summed E-state index contributed by atoms with van der Waals surface area (Å²) in [5, 5.41) is 10.5. The summed E-state index contributed by atoms with van der Waals surface area (Å²) < 4.78 is 16.2. The number of carboxylic acid groups (broad SMARTS) is 1. The van der Waals surface area contributed by atoms with Crippen molar-refractivity contribution in [3.8, 4) is 29.6 Å². The van der Waals surface area contributed by atoms with Crippen molar-refractivity contribution >= 4 is 11.9 Å². The van der Waals surface area contributed by atoms with E-state index < -0.39 is 11.5 Å². The Labute approximate surface area is 192 Å². The van der Waals surface area contributed by atoms with Crippen molar-refractivity contribution in [2.75, 3.05) is 40.6 Å². The standard InChI is InChI=1S/C25H26N2O6/c1-4-11-26(2)23(28)15-27-14-18(17-5-10-21-22(12-17)33-16-32-21)13-25(27,24(29)30)19-6-8-20(31-3)9-7-19/h1,5-10,12,18H,11,13-16H2,2-3H3,(H,29,30)/t18-,25-/m1/s1. The van der Waals surface area contributed by atoms with Gasteiger partial charge in [-0.1, -0.05) is 24.1 Å². The number of amides is 1. The average Bonchev–Trinajstić information content (AvgIpc) is 3.44. The van der Waals surface area contributed by atoms with Gasteiger partial charge in [0, 0.05) is 13.6 Å². The fourth-order valence-electron chi connectivity index (χ4n) is 4.58. The van der Waals surface area contributed by atoms with Gasteiger partial charge in [-0.3, -0.25) is 9.69 Å². The minimum Gasteiger partial charge on any atom is -0.497 e. The van der Waals surface area contributed by atoms with Gasteiger partial charge in [-0.2, -0.15) is 0 Å². The number of methoxy groups -OCH3 is 1. The molecule has 0 spiro atoms. The molecule has 0 aromatic heterocycles. The van der Waals surface area contributed by atoms with Crippen LogP contribution in [0.5, 0.6) is 17.2 Å². The molecule has 0 radical (unpaired) electrons. The first-order valence-electron chi connectivity index (χ1n) is 10.6. The lowest BCUT2D eigenvalue weighted by molar-refractivity contribution is -0.151. The predicted molar refractivity (Wildman–Crippen MR) is 120 cm³/mol. The zero-order valence-corrected chi connectivity index (χ0v) is 18.6. The van der Waals surface area contributed by atoms with Gasteiger partial charge in [-0.05, 0) is 47.7 Å². The zero-order chi connectivity index (χ0) is 23.6. The molecular weight excluding hydrogens is 424 g/mol. The number of carbonyl (C=O) groups excluding carboxylic acids is 1. The van der Waals surface area contributed by atoms with Crippen LogP contribution in [0.3, 0.4) is 0 Å². The van der Waals surface area contributed by atoms with Gasteiger partial charge < -0.3 is 24.2 Å². The van der Waals surface area contributed by atoms with Crippen LogP contribution in [0, 0.1) is 12.3 Å². The van der Waals surface area contributed by atoms with Gasteiger partial charge in [0.2, 0.25) is 12.7 Å². The second kappa shape index (κ2) is 9.04. The van der Waals surface area contributed by atoms with Gasteiger partial charge in [-0.25, -0.2) is 4.79 Å². The Morgan fingerprint density at radius 1 is 1.24 bits per heavy atom. The van der Waals surface area contributed by atoms with Gasteiger partial charge in [0.15, 0.2) is 11.5 Å². The van der Waals surface area contributed by atoms with Gasteiger partial charge in [0.25, 0.3) is 0 Å². The third-order valence-electron chi connectivity index (χ3n) is 6.39. The molecule has 33 heavy (non-hydrogen) atoms. The minimum atomic E-state index is -1.39. The van der Waals surface area contributed by atoms with Crippen LogP contribution < -0.4 is 14.2 Å². The quantitative estimate of drug-likeness (QED) is 0.648. The Hall–Kier alpha value is -3.70. The van der Waals surface area contributed by atoms with Crippen molar-refractivity contribution in [2.24, 2.45) is 0 Å². The SMILES string of the molecule is C#CCN(C)C(=O)CN1C[C@H](c2ccc3c(c2)OCO3)C[C@]1(C(=O)O)c1ccc(OC)cc1. The van der Waals surface area contributed by atoms with E-state index in [9.17, 15) is 14.7 Å². The molecule has 2 heterocycles. The van der Waals surface area contributed by atoms with E-state index in [0.29, 0.717) is 35.8 Å². The van der Waals surface area contributed by atoms with E-state index in [-0.39, 0.29) is 31.7 Å². The first kappa shape index (κ1) is 22.5. The van der Waals surface area contributed by atoms with Crippen LogP contribution in [0.2, 0.25) is 0 Å². The smallest absolute Gasteiger partial charge is 0.328 e. The Kier molecular flexibility index (Phi) is 6.16.